The molecule has 0 saturated carbocycles. The van der Waals surface area contributed by atoms with Crippen molar-refractivity contribution in [2.75, 3.05) is 0 Å². The molecule has 4 nitrogen and oxygen atoms in total. The molecule has 0 aliphatic carbocycles. The zero-order valence-electron chi connectivity index (χ0n) is 11.2. The van der Waals surface area contributed by atoms with Crippen molar-refractivity contribution in [1.82, 2.24) is 20.1 Å². The quantitative estimate of drug-likeness (QED) is 0.876. The van der Waals surface area contributed by atoms with Crippen LogP contribution in [0.15, 0.2) is 30.6 Å². The van der Waals surface area contributed by atoms with Crippen LogP contribution in [-0.2, 0) is 13.1 Å². The number of hydrogen-bond acceptors (Lipinski definition) is 3. The van der Waals surface area contributed by atoms with E-state index >= 15 is 0 Å². The maximum atomic E-state index is 4.44. The van der Waals surface area contributed by atoms with Crippen molar-refractivity contribution in [2.24, 2.45) is 0 Å². The zero-order valence-corrected chi connectivity index (χ0v) is 11.2. The minimum Gasteiger partial charge on any atom is -0.308 e. The van der Waals surface area contributed by atoms with E-state index in [1.807, 2.05) is 4.68 Å². The highest BCUT2D eigenvalue weighted by Gasteiger charge is 2.02. The molecule has 0 unspecified atom stereocenters. The fraction of sp³-hybridized carbons (Fsp3) is 0.429. The van der Waals surface area contributed by atoms with E-state index in [4.69, 9.17) is 0 Å². The van der Waals surface area contributed by atoms with Crippen LogP contribution < -0.4 is 5.32 Å². The Morgan fingerprint density at radius 3 is 2.61 bits per heavy atom. The lowest BCUT2D eigenvalue weighted by Crippen LogP contribution is -2.22. The van der Waals surface area contributed by atoms with Crippen LogP contribution in [0.5, 0.6) is 0 Å². The van der Waals surface area contributed by atoms with Crippen LogP contribution in [-0.4, -0.2) is 20.8 Å². The summed E-state index contributed by atoms with van der Waals surface area (Å²) in [5, 5.41) is 7.75. The standard InChI is InChI=1S/C14H20N4/c1-11(2)15-8-14-16-10-18(17-14)9-13-6-4-12(3)5-7-13/h4-7,10-11,15H,8-9H2,1-3H3. The number of nitrogens with zero attached hydrogens (tertiary/aromatic N) is 3. The van der Waals surface area contributed by atoms with Gasteiger partial charge in [0.25, 0.3) is 0 Å². The molecule has 1 aromatic carbocycles. The van der Waals surface area contributed by atoms with Gasteiger partial charge in [-0.2, -0.15) is 5.10 Å². The van der Waals surface area contributed by atoms with E-state index < -0.39 is 0 Å². The van der Waals surface area contributed by atoms with Crippen LogP contribution >= 0.6 is 0 Å². The Hall–Kier alpha value is -1.68. The molecule has 96 valence electrons. The molecule has 4 heteroatoms. The molecule has 0 fully saturated rings. The van der Waals surface area contributed by atoms with Gasteiger partial charge >= 0.3 is 0 Å². The molecule has 0 bridgehead atoms. The van der Waals surface area contributed by atoms with Gasteiger partial charge in [0.05, 0.1) is 13.1 Å². The maximum absolute atomic E-state index is 4.44. The van der Waals surface area contributed by atoms with E-state index in [0.717, 1.165) is 18.9 Å². The van der Waals surface area contributed by atoms with Gasteiger partial charge in [0.15, 0.2) is 5.82 Å². The molecule has 0 atom stereocenters. The van der Waals surface area contributed by atoms with Gasteiger partial charge in [-0.3, -0.25) is 0 Å². The highest BCUT2D eigenvalue weighted by molar-refractivity contribution is 5.21. The van der Waals surface area contributed by atoms with Crippen molar-refractivity contribution < 1.29 is 0 Å². The highest BCUT2D eigenvalue weighted by atomic mass is 15.3. The molecule has 1 heterocycles. The van der Waals surface area contributed by atoms with Crippen LogP contribution in [0.2, 0.25) is 0 Å². The smallest absolute Gasteiger partial charge is 0.164 e. The summed E-state index contributed by atoms with van der Waals surface area (Å²) in [5.74, 6) is 0.843. The summed E-state index contributed by atoms with van der Waals surface area (Å²) in [6.45, 7) is 7.81. The molecule has 0 saturated heterocycles. The van der Waals surface area contributed by atoms with E-state index in [9.17, 15) is 0 Å². The minimum atomic E-state index is 0.453. The fourth-order valence-corrected chi connectivity index (χ4v) is 1.67. The Bertz CT molecular complexity index is 485. The van der Waals surface area contributed by atoms with E-state index in [1.165, 1.54) is 11.1 Å². The SMILES string of the molecule is Cc1ccc(Cn2cnc(CNC(C)C)n2)cc1. The molecule has 2 aromatic rings. The molecule has 1 aromatic heterocycles. The second kappa shape index (κ2) is 5.78. The van der Waals surface area contributed by atoms with Crippen molar-refractivity contribution in [3.05, 3.63) is 47.5 Å². The summed E-state index contributed by atoms with van der Waals surface area (Å²) in [7, 11) is 0. The predicted octanol–water partition coefficient (Wildman–Crippen LogP) is 2.13. The number of aryl methyl sites for hydroxylation is 1. The third kappa shape index (κ3) is 3.67. The summed E-state index contributed by atoms with van der Waals surface area (Å²) < 4.78 is 1.88. The lowest BCUT2D eigenvalue weighted by molar-refractivity contribution is 0.565. The molecule has 0 radical (unpaired) electrons. The van der Waals surface area contributed by atoms with Gasteiger partial charge in [0.2, 0.25) is 0 Å². The normalized spacial score (nSPS) is 11.1. The molecule has 0 spiro atoms. The van der Waals surface area contributed by atoms with E-state index in [1.54, 1.807) is 6.33 Å². The third-order valence-electron chi connectivity index (χ3n) is 2.72. The first kappa shape index (κ1) is 12.8. The van der Waals surface area contributed by atoms with Gasteiger partial charge in [-0.05, 0) is 12.5 Å². The van der Waals surface area contributed by atoms with E-state index in [0.29, 0.717) is 6.04 Å². The average Bonchev–Trinajstić information content (AvgIpc) is 2.77. The van der Waals surface area contributed by atoms with E-state index in [-0.39, 0.29) is 0 Å². The zero-order chi connectivity index (χ0) is 13.0. The van der Waals surface area contributed by atoms with Gasteiger partial charge in [0.1, 0.15) is 6.33 Å². The van der Waals surface area contributed by atoms with Gasteiger partial charge < -0.3 is 5.32 Å². The number of nitrogens with one attached hydrogen (secondary N) is 1. The van der Waals surface area contributed by atoms with Crippen LogP contribution in [0.3, 0.4) is 0 Å². The van der Waals surface area contributed by atoms with Crippen molar-refractivity contribution in [3.63, 3.8) is 0 Å². The maximum Gasteiger partial charge on any atom is 0.164 e. The molecule has 0 aliphatic heterocycles. The Morgan fingerprint density at radius 2 is 1.94 bits per heavy atom. The van der Waals surface area contributed by atoms with Gasteiger partial charge in [-0.25, -0.2) is 9.67 Å². The summed E-state index contributed by atoms with van der Waals surface area (Å²) in [5.41, 5.74) is 2.52. The lowest BCUT2D eigenvalue weighted by atomic mass is 10.1. The topological polar surface area (TPSA) is 42.7 Å². The van der Waals surface area contributed by atoms with E-state index in [2.05, 4.69) is 60.4 Å². The third-order valence-corrected chi connectivity index (χ3v) is 2.72. The average molecular weight is 244 g/mol. The first-order valence-corrected chi connectivity index (χ1v) is 6.31. The van der Waals surface area contributed by atoms with Crippen LogP contribution in [0.25, 0.3) is 0 Å². The van der Waals surface area contributed by atoms with Crippen LogP contribution in [0.4, 0.5) is 0 Å². The highest BCUT2D eigenvalue weighted by Crippen LogP contribution is 2.04. The summed E-state index contributed by atoms with van der Waals surface area (Å²) in [6, 6.07) is 8.95. The van der Waals surface area contributed by atoms with Gasteiger partial charge in [-0.1, -0.05) is 43.7 Å². The first-order valence-electron chi connectivity index (χ1n) is 6.31. The largest absolute Gasteiger partial charge is 0.308 e. The Labute approximate surface area is 108 Å². The molecule has 0 amide bonds. The van der Waals surface area contributed by atoms with Gasteiger partial charge in [-0.15, -0.1) is 0 Å². The molecule has 0 aliphatic rings. The Morgan fingerprint density at radius 1 is 1.22 bits per heavy atom. The van der Waals surface area contributed by atoms with Crippen LogP contribution in [0, 0.1) is 6.92 Å². The fourth-order valence-electron chi connectivity index (χ4n) is 1.67. The second-order valence-corrected chi connectivity index (χ2v) is 4.88. The second-order valence-electron chi connectivity index (χ2n) is 4.88. The number of rotatable bonds is 5. The van der Waals surface area contributed by atoms with Crippen LogP contribution in [0.1, 0.15) is 30.8 Å². The van der Waals surface area contributed by atoms with Gasteiger partial charge in [0, 0.05) is 6.04 Å². The summed E-state index contributed by atoms with van der Waals surface area (Å²) in [4.78, 5) is 4.29. The van der Waals surface area contributed by atoms with Crippen molar-refractivity contribution in [2.45, 2.75) is 39.9 Å². The van der Waals surface area contributed by atoms with Crippen molar-refractivity contribution in [1.29, 1.82) is 0 Å². The number of aromatic nitrogens is 3. The number of hydrogen-bond donors (Lipinski definition) is 1. The molecule has 18 heavy (non-hydrogen) atoms. The summed E-state index contributed by atoms with van der Waals surface area (Å²) >= 11 is 0. The predicted molar refractivity (Wildman–Crippen MR) is 72.3 cm³/mol. The monoisotopic (exact) mass is 244 g/mol. The number of benzene rings is 1. The summed E-state index contributed by atoms with van der Waals surface area (Å²) in [6.07, 6.45) is 1.79. The molecule has 2 rings (SSSR count). The first-order chi connectivity index (χ1) is 8.63. The lowest BCUT2D eigenvalue weighted by Gasteiger charge is -2.04. The Kier molecular flexibility index (Phi) is 4.10. The van der Waals surface area contributed by atoms with Crippen molar-refractivity contribution >= 4 is 0 Å². The van der Waals surface area contributed by atoms with Crippen molar-refractivity contribution in [3.8, 4) is 0 Å². The Balaban J connectivity index is 1.95. The molecule has 1 N–H and O–H groups in total. The molecular weight excluding hydrogens is 224 g/mol. The molecular formula is C14H20N4. The minimum absolute atomic E-state index is 0.453.